The number of halogens is 1. The molecule has 0 saturated heterocycles. The van der Waals surface area contributed by atoms with Gasteiger partial charge in [-0.1, -0.05) is 6.42 Å². The third-order valence-corrected chi connectivity index (χ3v) is 3.73. The molecule has 21 heavy (non-hydrogen) atoms. The Hall–Kier alpha value is -1.95. The van der Waals surface area contributed by atoms with Crippen molar-refractivity contribution in [3.63, 3.8) is 0 Å². The van der Waals surface area contributed by atoms with Crippen LogP contribution in [0.1, 0.15) is 36.0 Å². The van der Waals surface area contributed by atoms with Gasteiger partial charge in [-0.3, -0.25) is 4.79 Å². The zero-order valence-corrected chi connectivity index (χ0v) is 11.9. The molecule has 1 aliphatic carbocycles. The molecule has 0 aromatic heterocycles. The van der Waals surface area contributed by atoms with E-state index in [-0.39, 0.29) is 29.1 Å². The summed E-state index contributed by atoms with van der Waals surface area (Å²) in [5.74, 6) is -1.62. The molecule has 1 fully saturated rings. The first-order valence-electron chi connectivity index (χ1n) is 6.95. The van der Waals surface area contributed by atoms with Crippen molar-refractivity contribution in [2.75, 3.05) is 12.4 Å². The normalized spacial score (nSPS) is 21.7. The minimum Gasteiger partial charge on any atom is -0.465 e. The van der Waals surface area contributed by atoms with E-state index in [0.717, 1.165) is 25.3 Å². The van der Waals surface area contributed by atoms with Gasteiger partial charge in [0.05, 0.1) is 18.4 Å². The molecule has 114 valence electrons. The van der Waals surface area contributed by atoms with Crippen molar-refractivity contribution < 1.29 is 18.7 Å². The Morgan fingerprint density at radius 1 is 1.38 bits per heavy atom. The summed E-state index contributed by atoms with van der Waals surface area (Å²) in [4.78, 5) is 23.9. The van der Waals surface area contributed by atoms with E-state index in [4.69, 9.17) is 5.73 Å². The maximum absolute atomic E-state index is 13.3. The molecule has 0 aliphatic heterocycles. The summed E-state index contributed by atoms with van der Waals surface area (Å²) in [6.45, 7) is 0. The summed E-state index contributed by atoms with van der Waals surface area (Å²) in [7, 11) is 1.21. The lowest BCUT2D eigenvalue weighted by Crippen LogP contribution is -2.34. The quantitative estimate of drug-likeness (QED) is 0.836. The fourth-order valence-electron chi connectivity index (χ4n) is 2.60. The number of amides is 1. The molecule has 3 N–H and O–H groups in total. The summed E-state index contributed by atoms with van der Waals surface area (Å²) < 4.78 is 17.8. The number of carbonyl (C=O) groups excluding carboxylic acids is 2. The van der Waals surface area contributed by atoms with E-state index in [1.165, 1.54) is 19.2 Å². The van der Waals surface area contributed by atoms with Gasteiger partial charge in [0.2, 0.25) is 5.91 Å². The highest BCUT2D eigenvalue weighted by Crippen LogP contribution is 2.26. The number of carbonyl (C=O) groups is 2. The van der Waals surface area contributed by atoms with Crippen LogP contribution >= 0.6 is 0 Å². The van der Waals surface area contributed by atoms with Gasteiger partial charge in [0.1, 0.15) is 5.82 Å². The molecule has 1 amide bonds. The van der Waals surface area contributed by atoms with Crippen molar-refractivity contribution in [1.82, 2.24) is 0 Å². The molecular formula is C15H19FN2O3. The lowest BCUT2D eigenvalue weighted by molar-refractivity contribution is -0.120. The van der Waals surface area contributed by atoms with Gasteiger partial charge in [-0.05, 0) is 37.5 Å². The molecule has 2 rings (SSSR count). The van der Waals surface area contributed by atoms with Crippen molar-refractivity contribution in [2.45, 2.75) is 31.7 Å². The first kappa shape index (κ1) is 15.4. The van der Waals surface area contributed by atoms with E-state index < -0.39 is 11.8 Å². The first-order chi connectivity index (χ1) is 10.0. The van der Waals surface area contributed by atoms with Gasteiger partial charge in [-0.25, -0.2) is 9.18 Å². The Morgan fingerprint density at radius 3 is 2.81 bits per heavy atom. The first-order valence-corrected chi connectivity index (χ1v) is 6.95. The van der Waals surface area contributed by atoms with Crippen LogP contribution in [0, 0.1) is 11.7 Å². The molecule has 0 radical (unpaired) electrons. The fraction of sp³-hybridized carbons (Fsp3) is 0.467. The zero-order valence-electron chi connectivity index (χ0n) is 11.9. The van der Waals surface area contributed by atoms with Crippen LogP contribution in [0.4, 0.5) is 10.1 Å². The summed E-state index contributed by atoms with van der Waals surface area (Å²) >= 11 is 0. The highest BCUT2D eigenvalue weighted by atomic mass is 19.1. The second kappa shape index (κ2) is 6.67. The number of hydrogen-bond donors (Lipinski definition) is 2. The van der Waals surface area contributed by atoms with E-state index in [9.17, 15) is 14.0 Å². The van der Waals surface area contributed by atoms with Gasteiger partial charge in [0.25, 0.3) is 0 Å². The van der Waals surface area contributed by atoms with E-state index >= 15 is 0 Å². The Balaban J connectivity index is 2.15. The lowest BCUT2D eigenvalue weighted by Gasteiger charge is -2.25. The minimum atomic E-state index is -0.690. The number of methoxy groups -OCH3 is 1. The van der Waals surface area contributed by atoms with Crippen molar-refractivity contribution >= 4 is 17.6 Å². The van der Waals surface area contributed by atoms with Gasteiger partial charge in [-0.15, -0.1) is 0 Å². The Bertz CT molecular complexity index is 548. The lowest BCUT2D eigenvalue weighted by atomic mass is 9.85. The van der Waals surface area contributed by atoms with Crippen LogP contribution in [0.5, 0.6) is 0 Å². The number of esters is 1. The van der Waals surface area contributed by atoms with Crippen LogP contribution in [0.15, 0.2) is 18.2 Å². The fourth-order valence-corrected chi connectivity index (χ4v) is 2.60. The second-order valence-corrected chi connectivity index (χ2v) is 5.29. The van der Waals surface area contributed by atoms with Crippen molar-refractivity contribution in [1.29, 1.82) is 0 Å². The van der Waals surface area contributed by atoms with E-state index in [1.807, 2.05) is 0 Å². The maximum atomic E-state index is 13.3. The van der Waals surface area contributed by atoms with Crippen LogP contribution in [0.3, 0.4) is 0 Å². The van der Waals surface area contributed by atoms with Gasteiger partial charge >= 0.3 is 5.97 Å². The van der Waals surface area contributed by atoms with Crippen molar-refractivity contribution in [3.05, 3.63) is 29.6 Å². The standard InChI is InChI=1S/C15H19FN2O3/c1-21-15(20)12-8-10(16)5-6-13(12)18-14(19)9-3-2-4-11(17)7-9/h5-6,8-9,11H,2-4,7,17H2,1H3,(H,18,19). The third kappa shape index (κ3) is 3.78. The molecule has 0 spiro atoms. The molecule has 5 nitrogen and oxygen atoms in total. The molecule has 1 aliphatic rings. The summed E-state index contributed by atoms with van der Waals surface area (Å²) in [5.41, 5.74) is 6.13. The SMILES string of the molecule is COC(=O)c1cc(F)ccc1NC(=O)C1CCCC(N)C1. The van der Waals surface area contributed by atoms with Crippen LogP contribution in [0.2, 0.25) is 0 Å². The van der Waals surface area contributed by atoms with Gasteiger partial charge in [0.15, 0.2) is 0 Å². The second-order valence-electron chi connectivity index (χ2n) is 5.29. The predicted octanol–water partition coefficient (Wildman–Crippen LogP) is 2.07. The number of anilines is 1. The molecule has 0 bridgehead atoms. The number of nitrogens with one attached hydrogen (secondary N) is 1. The van der Waals surface area contributed by atoms with E-state index in [0.29, 0.717) is 6.42 Å². The highest BCUT2D eigenvalue weighted by Gasteiger charge is 2.26. The van der Waals surface area contributed by atoms with E-state index in [2.05, 4.69) is 10.1 Å². The number of nitrogens with two attached hydrogens (primary N) is 1. The van der Waals surface area contributed by atoms with Gasteiger partial charge in [0, 0.05) is 12.0 Å². The maximum Gasteiger partial charge on any atom is 0.340 e. The topological polar surface area (TPSA) is 81.4 Å². The smallest absolute Gasteiger partial charge is 0.340 e. The molecule has 2 unspecified atom stereocenters. The minimum absolute atomic E-state index is 0.00552. The largest absolute Gasteiger partial charge is 0.465 e. The van der Waals surface area contributed by atoms with Gasteiger partial charge in [-0.2, -0.15) is 0 Å². The molecule has 0 heterocycles. The molecule has 6 heteroatoms. The Kier molecular flexibility index (Phi) is 4.90. The van der Waals surface area contributed by atoms with E-state index in [1.54, 1.807) is 0 Å². The van der Waals surface area contributed by atoms with Crippen LogP contribution in [0.25, 0.3) is 0 Å². The molecule has 1 saturated carbocycles. The highest BCUT2D eigenvalue weighted by molar-refractivity contribution is 6.01. The molecule has 1 aromatic carbocycles. The van der Waals surface area contributed by atoms with Crippen molar-refractivity contribution in [2.24, 2.45) is 11.7 Å². The third-order valence-electron chi connectivity index (χ3n) is 3.73. The molecule has 1 aromatic rings. The monoisotopic (exact) mass is 294 g/mol. The summed E-state index contributed by atoms with van der Waals surface area (Å²) in [5, 5.41) is 2.68. The van der Waals surface area contributed by atoms with Crippen LogP contribution in [-0.2, 0) is 9.53 Å². The average molecular weight is 294 g/mol. The number of benzene rings is 1. The average Bonchev–Trinajstić information content (AvgIpc) is 2.48. The number of hydrogen-bond acceptors (Lipinski definition) is 4. The summed E-state index contributed by atoms with van der Waals surface area (Å²) in [6.07, 6.45) is 3.23. The predicted molar refractivity (Wildman–Crippen MR) is 76.3 cm³/mol. The van der Waals surface area contributed by atoms with Crippen LogP contribution in [-0.4, -0.2) is 25.0 Å². The summed E-state index contributed by atoms with van der Waals surface area (Å²) in [6, 6.07) is 3.63. The van der Waals surface area contributed by atoms with Crippen molar-refractivity contribution in [3.8, 4) is 0 Å². The number of rotatable bonds is 3. The van der Waals surface area contributed by atoms with Gasteiger partial charge < -0.3 is 15.8 Å². The van der Waals surface area contributed by atoms with Crippen LogP contribution < -0.4 is 11.1 Å². The Morgan fingerprint density at radius 2 is 2.14 bits per heavy atom. The number of ether oxygens (including phenoxy) is 1. The molecular weight excluding hydrogens is 275 g/mol. The molecule has 2 atom stereocenters. The zero-order chi connectivity index (χ0) is 15.4. The Labute approximate surface area is 122 Å².